The van der Waals surface area contributed by atoms with E-state index in [4.69, 9.17) is 4.74 Å². The predicted molar refractivity (Wildman–Crippen MR) is 107 cm³/mol. The molecule has 3 heterocycles. The average Bonchev–Trinajstić information content (AvgIpc) is 3.46. The normalized spacial score (nSPS) is 22.1. The quantitative estimate of drug-likeness (QED) is 0.734. The lowest BCUT2D eigenvalue weighted by molar-refractivity contribution is -0.135. The smallest absolute Gasteiger partial charge is 0.248 e. The number of benzene rings is 1. The van der Waals surface area contributed by atoms with Crippen LogP contribution in [0.2, 0.25) is 0 Å². The molecule has 0 spiro atoms. The van der Waals surface area contributed by atoms with Crippen LogP contribution in [0.4, 0.5) is 0 Å². The molecule has 1 N–H and O–H groups in total. The molecule has 152 valence electrons. The molecule has 0 bridgehead atoms. The zero-order valence-corrected chi connectivity index (χ0v) is 16.9. The number of nitrogens with one attached hydrogen (secondary N) is 1. The SMILES string of the molecule is Cn1c(CNC(=O)C2(C)COCc3nnc(C4CCCC4)n32)nc2ccccc21. The highest BCUT2D eigenvalue weighted by Crippen LogP contribution is 2.37. The average molecular weight is 394 g/mol. The number of carbonyl (C=O) groups is 1. The summed E-state index contributed by atoms with van der Waals surface area (Å²) < 4.78 is 9.78. The maximum absolute atomic E-state index is 13.3. The molecule has 2 aromatic heterocycles. The van der Waals surface area contributed by atoms with E-state index in [0.29, 0.717) is 25.7 Å². The summed E-state index contributed by atoms with van der Waals surface area (Å²) in [6.07, 6.45) is 4.63. The Balaban J connectivity index is 1.41. The van der Waals surface area contributed by atoms with Crippen molar-refractivity contribution in [3.63, 3.8) is 0 Å². The van der Waals surface area contributed by atoms with Gasteiger partial charge in [-0.1, -0.05) is 25.0 Å². The van der Waals surface area contributed by atoms with Crippen molar-refractivity contribution in [2.24, 2.45) is 7.05 Å². The molecule has 3 aromatic rings. The molecule has 1 amide bonds. The lowest BCUT2D eigenvalue weighted by Gasteiger charge is -2.35. The highest BCUT2D eigenvalue weighted by atomic mass is 16.5. The molecule has 1 aromatic carbocycles. The lowest BCUT2D eigenvalue weighted by atomic mass is 9.98. The second-order valence-corrected chi connectivity index (χ2v) is 8.32. The Morgan fingerprint density at radius 2 is 2.07 bits per heavy atom. The first kappa shape index (κ1) is 18.3. The van der Waals surface area contributed by atoms with Crippen LogP contribution in [0, 0.1) is 0 Å². The Hall–Kier alpha value is -2.74. The van der Waals surface area contributed by atoms with E-state index in [1.54, 1.807) is 0 Å². The van der Waals surface area contributed by atoms with Gasteiger partial charge in [0.2, 0.25) is 5.91 Å². The largest absolute Gasteiger partial charge is 0.370 e. The van der Waals surface area contributed by atoms with Gasteiger partial charge in [0.1, 0.15) is 23.8 Å². The van der Waals surface area contributed by atoms with E-state index >= 15 is 0 Å². The first-order valence-electron chi connectivity index (χ1n) is 10.3. The summed E-state index contributed by atoms with van der Waals surface area (Å²) in [5, 5.41) is 11.9. The maximum Gasteiger partial charge on any atom is 0.248 e. The number of ether oxygens (including phenoxy) is 1. The van der Waals surface area contributed by atoms with Crippen LogP contribution in [-0.2, 0) is 35.3 Å². The first-order chi connectivity index (χ1) is 14.1. The van der Waals surface area contributed by atoms with E-state index in [9.17, 15) is 4.79 Å². The fourth-order valence-electron chi connectivity index (χ4n) is 4.69. The van der Waals surface area contributed by atoms with Crippen molar-refractivity contribution in [1.29, 1.82) is 0 Å². The van der Waals surface area contributed by atoms with Gasteiger partial charge in [0.05, 0.1) is 24.2 Å². The number of hydrogen-bond acceptors (Lipinski definition) is 5. The van der Waals surface area contributed by atoms with Gasteiger partial charge in [-0.15, -0.1) is 10.2 Å². The standard InChI is InChI=1S/C21H26N6O2/c1-21(13-29-12-18-24-25-19(27(18)21)14-7-3-4-8-14)20(28)22-11-17-23-15-9-5-6-10-16(15)26(17)2/h5-6,9-10,14H,3-4,7-8,11-13H2,1-2H3,(H,22,28). The molecule has 29 heavy (non-hydrogen) atoms. The predicted octanol–water partition coefficient (Wildman–Crippen LogP) is 2.38. The molecule has 5 rings (SSSR count). The molecule has 1 atom stereocenters. The van der Waals surface area contributed by atoms with E-state index in [1.807, 2.05) is 47.4 Å². The Kier molecular flexibility index (Phi) is 4.38. The van der Waals surface area contributed by atoms with Crippen LogP contribution in [-0.4, -0.2) is 36.8 Å². The van der Waals surface area contributed by atoms with E-state index in [2.05, 4.69) is 20.5 Å². The van der Waals surface area contributed by atoms with E-state index in [1.165, 1.54) is 12.8 Å². The highest BCUT2D eigenvalue weighted by Gasteiger charge is 2.43. The van der Waals surface area contributed by atoms with Crippen LogP contribution < -0.4 is 5.32 Å². The molecule has 1 saturated carbocycles. The number of amides is 1. The Labute approximate surface area is 169 Å². The second kappa shape index (κ2) is 6.95. The number of nitrogens with zero attached hydrogens (tertiary/aromatic N) is 5. The molecule has 2 aliphatic rings. The third-order valence-corrected chi connectivity index (χ3v) is 6.36. The summed E-state index contributed by atoms with van der Waals surface area (Å²) >= 11 is 0. The van der Waals surface area contributed by atoms with Gasteiger partial charge in [-0.3, -0.25) is 9.36 Å². The first-order valence-corrected chi connectivity index (χ1v) is 10.3. The van der Waals surface area contributed by atoms with E-state index < -0.39 is 5.54 Å². The van der Waals surface area contributed by atoms with Crippen molar-refractivity contribution in [2.45, 2.75) is 57.2 Å². The fraction of sp³-hybridized carbons (Fsp3) is 0.524. The third kappa shape index (κ3) is 2.93. The van der Waals surface area contributed by atoms with Crippen LogP contribution in [0.1, 0.15) is 56.0 Å². The summed E-state index contributed by atoms with van der Waals surface area (Å²) in [6.45, 7) is 2.98. The number of rotatable bonds is 4. The van der Waals surface area contributed by atoms with Crippen molar-refractivity contribution in [3.8, 4) is 0 Å². The topological polar surface area (TPSA) is 86.9 Å². The number of aryl methyl sites for hydroxylation is 1. The van der Waals surface area contributed by atoms with Gasteiger partial charge in [0, 0.05) is 13.0 Å². The van der Waals surface area contributed by atoms with E-state index in [-0.39, 0.29) is 5.91 Å². The molecule has 1 fully saturated rings. The monoisotopic (exact) mass is 394 g/mol. The van der Waals surface area contributed by atoms with Gasteiger partial charge in [0.15, 0.2) is 5.82 Å². The van der Waals surface area contributed by atoms with Crippen LogP contribution in [0.15, 0.2) is 24.3 Å². The van der Waals surface area contributed by atoms with Crippen molar-refractivity contribution < 1.29 is 9.53 Å². The lowest BCUT2D eigenvalue weighted by Crippen LogP contribution is -2.53. The van der Waals surface area contributed by atoms with Gasteiger partial charge in [-0.25, -0.2) is 4.98 Å². The summed E-state index contributed by atoms with van der Waals surface area (Å²) in [5.41, 5.74) is 1.12. The highest BCUT2D eigenvalue weighted by molar-refractivity contribution is 5.84. The zero-order valence-electron chi connectivity index (χ0n) is 16.9. The minimum absolute atomic E-state index is 0.0930. The summed E-state index contributed by atoms with van der Waals surface area (Å²) in [4.78, 5) is 18.0. The molecule has 1 unspecified atom stereocenters. The van der Waals surface area contributed by atoms with Gasteiger partial charge in [-0.05, 0) is 31.9 Å². The number of hydrogen-bond donors (Lipinski definition) is 1. The number of carbonyl (C=O) groups excluding carboxylic acids is 1. The molecule has 0 saturated heterocycles. The molecule has 8 nitrogen and oxygen atoms in total. The van der Waals surface area contributed by atoms with Gasteiger partial charge in [-0.2, -0.15) is 0 Å². The van der Waals surface area contributed by atoms with Gasteiger partial charge >= 0.3 is 0 Å². The minimum Gasteiger partial charge on any atom is -0.370 e. The molecular formula is C21H26N6O2. The van der Waals surface area contributed by atoms with Gasteiger partial charge in [0.25, 0.3) is 0 Å². The number of aromatic nitrogens is 5. The molecule has 8 heteroatoms. The molecule has 1 aliphatic carbocycles. The Morgan fingerprint density at radius 1 is 1.28 bits per heavy atom. The Morgan fingerprint density at radius 3 is 2.86 bits per heavy atom. The summed E-state index contributed by atoms with van der Waals surface area (Å²) in [5.74, 6) is 2.77. The van der Waals surface area contributed by atoms with Crippen molar-refractivity contribution in [2.75, 3.05) is 6.61 Å². The summed E-state index contributed by atoms with van der Waals surface area (Å²) in [6, 6.07) is 7.97. The van der Waals surface area contributed by atoms with Crippen molar-refractivity contribution >= 4 is 16.9 Å². The number of para-hydroxylation sites is 2. The number of imidazole rings is 1. The van der Waals surface area contributed by atoms with Crippen molar-refractivity contribution in [1.82, 2.24) is 29.6 Å². The van der Waals surface area contributed by atoms with E-state index in [0.717, 1.165) is 41.3 Å². The second-order valence-electron chi connectivity index (χ2n) is 8.32. The van der Waals surface area contributed by atoms with Crippen LogP contribution in [0.25, 0.3) is 11.0 Å². The maximum atomic E-state index is 13.3. The summed E-state index contributed by atoms with van der Waals surface area (Å²) in [7, 11) is 1.97. The van der Waals surface area contributed by atoms with Crippen LogP contribution in [0.5, 0.6) is 0 Å². The van der Waals surface area contributed by atoms with Crippen LogP contribution >= 0.6 is 0 Å². The number of fused-ring (bicyclic) bond motifs is 2. The zero-order chi connectivity index (χ0) is 20.0. The third-order valence-electron chi connectivity index (χ3n) is 6.36. The van der Waals surface area contributed by atoms with Gasteiger partial charge < -0.3 is 14.6 Å². The van der Waals surface area contributed by atoms with Crippen LogP contribution in [0.3, 0.4) is 0 Å². The minimum atomic E-state index is -0.862. The molecular weight excluding hydrogens is 368 g/mol. The fourth-order valence-corrected chi connectivity index (χ4v) is 4.69. The Bertz CT molecular complexity index is 1060. The van der Waals surface area contributed by atoms with Crippen molar-refractivity contribution in [3.05, 3.63) is 41.7 Å². The molecule has 1 aliphatic heterocycles. The molecule has 0 radical (unpaired) electrons.